The quantitative estimate of drug-likeness (QED) is 0.262. The molecule has 0 amide bonds. The molecule has 0 saturated heterocycles. The van der Waals surface area contributed by atoms with E-state index in [1.165, 1.54) is 37.7 Å². The molecular weight excluding hydrogens is 408 g/mol. The first-order chi connectivity index (χ1) is 14.8. The van der Waals surface area contributed by atoms with Crippen molar-refractivity contribution >= 4 is 56.2 Å². The number of hydrogen-bond acceptors (Lipinski definition) is 1. The van der Waals surface area contributed by atoms with E-state index >= 15 is 0 Å². The van der Waals surface area contributed by atoms with Crippen molar-refractivity contribution in [1.82, 2.24) is 9.13 Å². The van der Waals surface area contributed by atoms with Gasteiger partial charge >= 0.3 is 0 Å². The zero-order valence-corrected chi connectivity index (χ0v) is 17.4. The molecular formula is C26H15ClN2S. The molecule has 0 atom stereocenters. The first kappa shape index (κ1) is 16.6. The van der Waals surface area contributed by atoms with Crippen LogP contribution in [0.2, 0.25) is 5.02 Å². The zero-order valence-electron chi connectivity index (χ0n) is 15.8. The van der Waals surface area contributed by atoms with Crippen LogP contribution in [0.4, 0.5) is 0 Å². The molecule has 0 aliphatic carbocycles. The molecule has 1 aliphatic heterocycles. The molecule has 0 N–H and O–H groups in total. The molecule has 1 aliphatic rings. The van der Waals surface area contributed by atoms with Gasteiger partial charge in [0.05, 0.1) is 26.6 Å². The molecule has 0 saturated carbocycles. The van der Waals surface area contributed by atoms with Crippen LogP contribution in [0.15, 0.2) is 101 Å². The molecule has 4 heteroatoms. The lowest BCUT2D eigenvalue weighted by atomic mass is 10.1. The van der Waals surface area contributed by atoms with Gasteiger partial charge in [-0.3, -0.25) is 9.13 Å². The van der Waals surface area contributed by atoms with Crippen LogP contribution >= 0.6 is 23.4 Å². The molecule has 0 unspecified atom stereocenters. The Labute approximate surface area is 182 Å². The molecule has 7 rings (SSSR count). The van der Waals surface area contributed by atoms with Gasteiger partial charge in [0.25, 0.3) is 0 Å². The Bertz CT molecular complexity index is 1630. The second-order valence-corrected chi connectivity index (χ2v) is 9.02. The van der Waals surface area contributed by atoms with E-state index in [2.05, 4.69) is 88.0 Å². The minimum atomic E-state index is 0.796. The van der Waals surface area contributed by atoms with Crippen LogP contribution in [-0.2, 0) is 0 Å². The number of rotatable bonds is 1. The highest BCUT2D eigenvalue weighted by Gasteiger charge is 2.28. The van der Waals surface area contributed by atoms with E-state index in [-0.39, 0.29) is 0 Å². The van der Waals surface area contributed by atoms with E-state index < -0.39 is 0 Å². The number of aromatic nitrogens is 2. The van der Waals surface area contributed by atoms with E-state index in [0.29, 0.717) is 0 Å². The topological polar surface area (TPSA) is 9.86 Å². The van der Waals surface area contributed by atoms with Crippen LogP contribution < -0.4 is 0 Å². The van der Waals surface area contributed by atoms with Crippen molar-refractivity contribution < 1.29 is 0 Å². The molecule has 0 radical (unpaired) electrons. The number of halogens is 1. The van der Waals surface area contributed by atoms with Gasteiger partial charge in [-0.15, -0.1) is 0 Å². The third kappa shape index (κ3) is 2.01. The van der Waals surface area contributed by atoms with Crippen molar-refractivity contribution in [2.75, 3.05) is 0 Å². The second kappa shape index (κ2) is 5.94. The molecule has 142 valence electrons. The molecule has 6 aromatic rings. The van der Waals surface area contributed by atoms with Gasteiger partial charge in [0.1, 0.15) is 5.65 Å². The van der Waals surface area contributed by atoms with Crippen LogP contribution in [0, 0.1) is 0 Å². The number of hydrogen-bond donors (Lipinski definition) is 0. The summed E-state index contributed by atoms with van der Waals surface area (Å²) in [5.74, 6) is 0. The number of nitrogens with zero attached hydrogens (tertiary/aromatic N) is 2. The molecule has 0 bridgehead atoms. The summed E-state index contributed by atoms with van der Waals surface area (Å²) >= 11 is 8.42. The summed E-state index contributed by atoms with van der Waals surface area (Å²) < 4.78 is 4.79. The predicted molar refractivity (Wildman–Crippen MR) is 127 cm³/mol. The van der Waals surface area contributed by atoms with Gasteiger partial charge in [0, 0.05) is 26.7 Å². The maximum Gasteiger partial charge on any atom is 0.131 e. The summed E-state index contributed by atoms with van der Waals surface area (Å²) in [7, 11) is 0. The number of benzene rings is 4. The smallest absolute Gasteiger partial charge is 0.131 e. The van der Waals surface area contributed by atoms with Crippen molar-refractivity contribution in [3.05, 3.63) is 96.0 Å². The van der Waals surface area contributed by atoms with Gasteiger partial charge in [-0.25, -0.2) is 0 Å². The molecule has 30 heavy (non-hydrogen) atoms. The highest BCUT2D eigenvalue weighted by molar-refractivity contribution is 7.99. The monoisotopic (exact) mass is 422 g/mol. The van der Waals surface area contributed by atoms with Crippen LogP contribution in [0.25, 0.3) is 44.2 Å². The number of para-hydroxylation sites is 3. The summed E-state index contributed by atoms with van der Waals surface area (Å²) in [4.78, 5) is 2.36. The van der Waals surface area contributed by atoms with E-state index in [1.54, 1.807) is 11.8 Å². The van der Waals surface area contributed by atoms with Crippen molar-refractivity contribution in [2.24, 2.45) is 0 Å². The fourth-order valence-electron chi connectivity index (χ4n) is 4.80. The zero-order chi connectivity index (χ0) is 19.8. The Morgan fingerprint density at radius 2 is 1.43 bits per heavy atom. The number of fused-ring (bicyclic) bond motifs is 7. The third-order valence-electron chi connectivity index (χ3n) is 5.97. The molecule has 0 fully saturated rings. The van der Waals surface area contributed by atoms with E-state index in [1.807, 2.05) is 12.1 Å². The van der Waals surface area contributed by atoms with Crippen molar-refractivity contribution in [3.8, 4) is 11.4 Å². The standard InChI is InChI=1S/C26H15ClN2S/c27-19-12-7-14-21-25(19)30-22-15-6-11-18-23-17-10-4-5-13-20(17)28(16-8-2-1-3-9-16)26(23)29(21)24(18)22/h1-15H. The van der Waals surface area contributed by atoms with E-state index in [0.717, 1.165) is 21.3 Å². The molecule has 2 aromatic heterocycles. The minimum Gasteiger partial charge on any atom is -0.295 e. The summed E-state index contributed by atoms with van der Waals surface area (Å²) in [6.07, 6.45) is 0. The lowest BCUT2D eigenvalue weighted by molar-refractivity contribution is 1.03. The average Bonchev–Trinajstić information content (AvgIpc) is 3.30. The fourth-order valence-corrected chi connectivity index (χ4v) is 6.18. The molecule has 3 heterocycles. The Hall–Kier alpha value is -3.14. The fraction of sp³-hybridized carbons (Fsp3) is 0. The first-order valence-corrected chi connectivity index (χ1v) is 11.1. The van der Waals surface area contributed by atoms with Gasteiger partial charge in [0.2, 0.25) is 0 Å². The van der Waals surface area contributed by atoms with Crippen LogP contribution in [-0.4, -0.2) is 9.13 Å². The van der Waals surface area contributed by atoms with Crippen molar-refractivity contribution in [1.29, 1.82) is 0 Å². The SMILES string of the molecule is Clc1cccc2c1Sc1cccc3c4c5ccccc5n(-c5ccccc5)c4n-2c13. The van der Waals surface area contributed by atoms with Gasteiger partial charge in [-0.2, -0.15) is 0 Å². The molecule has 0 spiro atoms. The van der Waals surface area contributed by atoms with Crippen molar-refractivity contribution in [3.63, 3.8) is 0 Å². The maximum atomic E-state index is 6.66. The summed E-state index contributed by atoms with van der Waals surface area (Å²) in [6, 6.07) is 32.1. The van der Waals surface area contributed by atoms with Gasteiger partial charge in [-0.05, 0) is 36.4 Å². The van der Waals surface area contributed by atoms with Gasteiger partial charge in [-0.1, -0.05) is 78.0 Å². The predicted octanol–water partition coefficient (Wildman–Crippen LogP) is 7.85. The van der Waals surface area contributed by atoms with Crippen molar-refractivity contribution in [2.45, 2.75) is 9.79 Å². The Kier molecular flexibility index (Phi) is 3.30. The highest BCUT2D eigenvalue weighted by Crippen LogP contribution is 2.50. The van der Waals surface area contributed by atoms with E-state index in [4.69, 9.17) is 11.6 Å². The largest absolute Gasteiger partial charge is 0.295 e. The van der Waals surface area contributed by atoms with Gasteiger partial charge < -0.3 is 0 Å². The molecule has 4 aromatic carbocycles. The lowest BCUT2D eigenvalue weighted by Gasteiger charge is -2.21. The Balaban J connectivity index is 1.81. The third-order valence-corrected chi connectivity index (χ3v) is 7.58. The summed E-state index contributed by atoms with van der Waals surface area (Å²) in [5.41, 5.74) is 5.97. The highest BCUT2D eigenvalue weighted by atomic mass is 35.5. The lowest BCUT2D eigenvalue weighted by Crippen LogP contribution is -2.05. The second-order valence-electron chi connectivity index (χ2n) is 7.56. The van der Waals surface area contributed by atoms with Crippen LogP contribution in [0.1, 0.15) is 0 Å². The minimum absolute atomic E-state index is 0.796. The van der Waals surface area contributed by atoms with Crippen LogP contribution in [0.5, 0.6) is 0 Å². The van der Waals surface area contributed by atoms with Crippen LogP contribution in [0.3, 0.4) is 0 Å². The summed E-state index contributed by atoms with van der Waals surface area (Å²) in [6.45, 7) is 0. The summed E-state index contributed by atoms with van der Waals surface area (Å²) in [5, 5.41) is 4.64. The van der Waals surface area contributed by atoms with E-state index in [9.17, 15) is 0 Å². The first-order valence-electron chi connectivity index (χ1n) is 9.91. The average molecular weight is 423 g/mol. The maximum absolute atomic E-state index is 6.66. The van der Waals surface area contributed by atoms with Gasteiger partial charge in [0.15, 0.2) is 0 Å². The Morgan fingerprint density at radius 1 is 0.667 bits per heavy atom. The molecule has 2 nitrogen and oxygen atoms in total. The Morgan fingerprint density at radius 3 is 2.33 bits per heavy atom. The normalized spacial score (nSPS) is 12.7.